The fourth-order valence-electron chi connectivity index (χ4n) is 2.56. The Morgan fingerprint density at radius 1 is 1.44 bits per heavy atom. The third kappa shape index (κ3) is 1.43. The average Bonchev–Trinajstić information content (AvgIpc) is 2.77. The number of piperidine rings is 1. The molecular weight excluding hydrogens is 200 g/mol. The number of nitrogens with zero attached hydrogens (tertiary/aromatic N) is 1. The molecule has 3 heteroatoms. The summed E-state index contributed by atoms with van der Waals surface area (Å²) in [5.74, 6) is 0.666. The van der Waals surface area contributed by atoms with E-state index in [0.717, 1.165) is 25.1 Å². The van der Waals surface area contributed by atoms with Crippen LogP contribution >= 0.6 is 0 Å². The molecule has 1 aliphatic heterocycles. The van der Waals surface area contributed by atoms with E-state index in [1.54, 1.807) is 0 Å². The number of benzene rings is 1. The predicted molar refractivity (Wildman–Crippen MR) is 62.1 cm³/mol. The van der Waals surface area contributed by atoms with Crippen LogP contribution in [0.2, 0.25) is 0 Å². The van der Waals surface area contributed by atoms with Crippen molar-refractivity contribution in [3.05, 3.63) is 35.4 Å². The van der Waals surface area contributed by atoms with Crippen molar-refractivity contribution in [3.63, 3.8) is 0 Å². The molecule has 2 atom stereocenters. The molecule has 1 aliphatic carbocycles. The van der Waals surface area contributed by atoms with Crippen molar-refractivity contribution in [1.82, 2.24) is 4.90 Å². The average molecular weight is 216 g/mol. The first-order chi connectivity index (χ1) is 7.58. The number of likely N-dealkylation sites (tertiary alicyclic amines) is 1. The van der Waals surface area contributed by atoms with Crippen LogP contribution in [0.5, 0.6) is 0 Å². The number of carbonyl (C=O) groups excluding carboxylic acids is 1. The lowest BCUT2D eigenvalue weighted by Gasteiger charge is -2.19. The number of fused-ring (bicyclic) bond motifs is 1. The molecule has 0 bridgehead atoms. The molecule has 2 N–H and O–H groups in total. The molecule has 1 unspecified atom stereocenters. The van der Waals surface area contributed by atoms with E-state index in [1.807, 2.05) is 36.1 Å². The first-order valence-electron chi connectivity index (χ1n) is 5.73. The minimum absolute atomic E-state index is 0.0552. The maximum atomic E-state index is 12.1. The third-order valence-corrected chi connectivity index (χ3v) is 3.79. The third-order valence-electron chi connectivity index (χ3n) is 3.79. The van der Waals surface area contributed by atoms with E-state index < -0.39 is 0 Å². The molecule has 0 spiro atoms. The van der Waals surface area contributed by atoms with Crippen molar-refractivity contribution in [3.8, 4) is 0 Å². The zero-order chi connectivity index (χ0) is 11.3. The van der Waals surface area contributed by atoms with Gasteiger partial charge in [0, 0.05) is 24.2 Å². The van der Waals surface area contributed by atoms with Gasteiger partial charge >= 0.3 is 0 Å². The van der Waals surface area contributed by atoms with Crippen molar-refractivity contribution in [2.45, 2.75) is 18.9 Å². The van der Waals surface area contributed by atoms with E-state index in [2.05, 4.69) is 0 Å². The maximum absolute atomic E-state index is 12.1. The molecule has 1 aromatic rings. The van der Waals surface area contributed by atoms with Gasteiger partial charge < -0.3 is 10.6 Å². The first-order valence-corrected chi connectivity index (χ1v) is 5.73. The molecule has 2 fully saturated rings. The zero-order valence-electron chi connectivity index (χ0n) is 9.44. The summed E-state index contributed by atoms with van der Waals surface area (Å²) < 4.78 is 0. The Morgan fingerprint density at radius 2 is 2.12 bits per heavy atom. The fraction of sp³-hybridized carbons (Fsp3) is 0.462. The standard InChI is InChI=1S/C13H16N2O/c1-9-2-4-10(5-3-9)12(16)15-7-11-6-13(11,14)8-15/h2-5,11H,6-8,14H2,1H3/t11-,13?/m0/s1. The van der Waals surface area contributed by atoms with Crippen LogP contribution in [0.4, 0.5) is 0 Å². The Labute approximate surface area is 95.2 Å². The lowest BCUT2D eigenvalue weighted by atomic mass is 10.1. The van der Waals surface area contributed by atoms with Crippen molar-refractivity contribution in [2.75, 3.05) is 13.1 Å². The molecule has 3 nitrogen and oxygen atoms in total. The number of aryl methyl sites for hydroxylation is 1. The Balaban J connectivity index is 1.76. The SMILES string of the molecule is Cc1ccc(C(=O)N2C[C@@H]3CC3(N)C2)cc1. The molecule has 1 saturated heterocycles. The van der Waals surface area contributed by atoms with Gasteiger partial charge in [0.25, 0.3) is 5.91 Å². The van der Waals surface area contributed by atoms with Crippen LogP contribution in [-0.4, -0.2) is 29.4 Å². The summed E-state index contributed by atoms with van der Waals surface area (Å²) in [5, 5.41) is 0. The fourth-order valence-corrected chi connectivity index (χ4v) is 2.56. The number of hydrogen-bond acceptors (Lipinski definition) is 2. The highest BCUT2D eigenvalue weighted by molar-refractivity contribution is 5.94. The lowest BCUT2D eigenvalue weighted by molar-refractivity contribution is 0.0772. The number of hydrogen-bond donors (Lipinski definition) is 1. The summed E-state index contributed by atoms with van der Waals surface area (Å²) in [5.41, 5.74) is 7.98. The summed E-state index contributed by atoms with van der Waals surface area (Å²) in [6.07, 6.45) is 1.09. The summed E-state index contributed by atoms with van der Waals surface area (Å²) in [6, 6.07) is 7.74. The van der Waals surface area contributed by atoms with Gasteiger partial charge in [0.05, 0.1) is 0 Å². The van der Waals surface area contributed by atoms with Gasteiger partial charge in [0.1, 0.15) is 0 Å². The molecule has 2 aliphatic rings. The van der Waals surface area contributed by atoms with Crippen LogP contribution in [0.1, 0.15) is 22.3 Å². The van der Waals surface area contributed by atoms with Crippen LogP contribution in [0, 0.1) is 12.8 Å². The molecule has 16 heavy (non-hydrogen) atoms. The maximum Gasteiger partial charge on any atom is 0.253 e. The highest BCUT2D eigenvalue weighted by Crippen LogP contribution is 2.47. The number of nitrogens with two attached hydrogens (primary N) is 1. The predicted octanol–water partition coefficient (Wildman–Crippen LogP) is 1.17. The van der Waals surface area contributed by atoms with Gasteiger partial charge in [0.15, 0.2) is 0 Å². The Morgan fingerprint density at radius 3 is 2.69 bits per heavy atom. The van der Waals surface area contributed by atoms with Crippen LogP contribution < -0.4 is 5.73 Å². The normalized spacial score (nSPS) is 31.4. The van der Waals surface area contributed by atoms with Crippen LogP contribution in [0.3, 0.4) is 0 Å². The van der Waals surface area contributed by atoms with E-state index in [-0.39, 0.29) is 11.4 Å². The van der Waals surface area contributed by atoms with Crippen molar-refractivity contribution < 1.29 is 4.79 Å². The van der Waals surface area contributed by atoms with Gasteiger partial charge in [0.2, 0.25) is 0 Å². The largest absolute Gasteiger partial charge is 0.336 e. The van der Waals surface area contributed by atoms with E-state index in [4.69, 9.17) is 5.73 Å². The van der Waals surface area contributed by atoms with Crippen LogP contribution in [0.15, 0.2) is 24.3 Å². The van der Waals surface area contributed by atoms with Gasteiger partial charge in [-0.2, -0.15) is 0 Å². The molecule has 1 heterocycles. The summed E-state index contributed by atoms with van der Waals surface area (Å²) in [7, 11) is 0. The number of rotatable bonds is 1. The smallest absolute Gasteiger partial charge is 0.253 e. The van der Waals surface area contributed by atoms with E-state index in [9.17, 15) is 4.79 Å². The van der Waals surface area contributed by atoms with E-state index >= 15 is 0 Å². The molecule has 0 radical (unpaired) electrons. The zero-order valence-corrected chi connectivity index (χ0v) is 9.44. The minimum atomic E-state index is -0.0552. The van der Waals surface area contributed by atoms with Crippen LogP contribution in [-0.2, 0) is 0 Å². The van der Waals surface area contributed by atoms with Gasteiger partial charge in [-0.15, -0.1) is 0 Å². The van der Waals surface area contributed by atoms with Gasteiger partial charge in [-0.25, -0.2) is 0 Å². The second-order valence-corrected chi connectivity index (χ2v) is 5.19. The highest BCUT2D eigenvalue weighted by atomic mass is 16.2. The van der Waals surface area contributed by atoms with E-state index in [1.165, 1.54) is 5.56 Å². The molecule has 1 aromatic carbocycles. The second kappa shape index (κ2) is 3.08. The first kappa shape index (κ1) is 9.85. The molecule has 1 amide bonds. The van der Waals surface area contributed by atoms with Crippen molar-refractivity contribution in [1.29, 1.82) is 0 Å². The van der Waals surface area contributed by atoms with Crippen molar-refractivity contribution in [2.24, 2.45) is 11.7 Å². The van der Waals surface area contributed by atoms with Gasteiger partial charge in [-0.3, -0.25) is 4.79 Å². The Hall–Kier alpha value is -1.35. The Bertz CT molecular complexity index is 440. The molecule has 1 saturated carbocycles. The molecule has 3 rings (SSSR count). The summed E-state index contributed by atoms with van der Waals surface area (Å²) in [6.45, 7) is 3.59. The topological polar surface area (TPSA) is 46.3 Å². The number of carbonyl (C=O) groups is 1. The summed E-state index contributed by atoms with van der Waals surface area (Å²) in [4.78, 5) is 14.0. The monoisotopic (exact) mass is 216 g/mol. The lowest BCUT2D eigenvalue weighted by Crippen LogP contribution is -2.36. The van der Waals surface area contributed by atoms with Gasteiger partial charge in [-0.05, 0) is 31.4 Å². The molecular formula is C13H16N2O. The van der Waals surface area contributed by atoms with E-state index in [0.29, 0.717) is 5.92 Å². The van der Waals surface area contributed by atoms with Crippen molar-refractivity contribution >= 4 is 5.91 Å². The van der Waals surface area contributed by atoms with Crippen LogP contribution in [0.25, 0.3) is 0 Å². The minimum Gasteiger partial charge on any atom is -0.336 e. The molecule has 0 aromatic heterocycles. The second-order valence-electron chi connectivity index (χ2n) is 5.19. The Kier molecular flexibility index (Phi) is 1.89. The van der Waals surface area contributed by atoms with Gasteiger partial charge in [-0.1, -0.05) is 17.7 Å². The quantitative estimate of drug-likeness (QED) is 0.766. The highest BCUT2D eigenvalue weighted by Gasteiger charge is 2.58. The summed E-state index contributed by atoms with van der Waals surface area (Å²) >= 11 is 0. The number of amides is 1. The molecule has 84 valence electrons.